The molecule has 3 N–H and O–H groups in total. The lowest BCUT2D eigenvalue weighted by Crippen LogP contribution is -2.24. The van der Waals surface area contributed by atoms with E-state index in [-0.39, 0.29) is 5.75 Å². The van der Waals surface area contributed by atoms with Crippen molar-refractivity contribution >= 4 is 0 Å². The summed E-state index contributed by atoms with van der Waals surface area (Å²) in [5, 5.41) is 9.99. The highest BCUT2D eigenvalue weighted by atomic mass is 16.5. The lowest BCUT2D eigenvalue weighted by molar-refractivity contribution is 0.273. The molecule has 1 aromatic carbocycles. The molecule has 2 atom stereocenters. The molecule has 22 heavy (non-hydrogen) atoms. The molecule has 0 radical (unpaired) electrons. The number of nitrogens with two attached hydrogens (primary N) is 1. The standard InChI is InChI=1S/C17H23N3O2/c1-22-16-6-5-13(10-15(16)21)17-19-7-8-20(17)14-4-2-3-12(9-14)11-18/h5-8,10,12,14,21H,2-4,9,11,18H2,1H3/t12-,14+/m0/s1. The monoisotopic (exact) mass is 301 g/mol. The van der Waals surface area contributed by atoms with Gasteiger partial charge in [0.05, 0.1) is 7.11 Å². The first kappa shape index (κ1) is 14.9. The first-order valence-electron chi connectivity index (χ1n) is 7.83. The summed E-state index contributed by atoms with van der Waals surface area (Å²) in [6, 6.07) is 5.85. The smallest absolute Gasteiger partial charge is 0.160 e. The molecule has 1 aliphatic rings. The van der Waals surface area contributed by atoms with Gasteiger partial charge in [-0.15, -0.1) is 0 Å². The average molecular weight is 301 g/mol. The van der Waals surface area contributed by atoms with Crippen molar-refractivity contribution in [3.63, 3.8) is 0 Å². The molecule has 0 bridgehead atoms. The number of phenolic OH excluding ortho intramolecular Hbond substituents is 1. The van der Waals surface area contributed by atoms with Gasteiger partial charge in [0.15, 0.2) is 11.5 Å². The molecule has 1 aromatic heterocycles. The number of benzene rings is 1. The van der Waals surface area contributed by atoms with Gasteiger partial charge >= 0.3 is 0 Å². The number of hydrogen-bond donors (Lipinski definition) is 2. The second kappa shape index (κ2) is 6.40. The summed E-state index contributed by atoms with van der Waals surface area (Å²) in [5.41, 5.74) is 6.75. The van der Waals surface area contributed by atoms with E-state index in [0.29, 0.717) is 17.7 Å². The molecule has 5 heteroatoms. The molecule has 1 saturated carbocycles. The molecule has 1 heterocycles. The molecule has 1 fully saturated rings. The number of aromatic hydroxyl groups is 1. The van der Waals surface area contributed by atoms with Gasteiger partial charge in [-0.3, -0.25) is 0 Å². The third kappa shape index (κ3) is 2.81. The number of methoxy groups -OCH3 is 1. The summed E-state index contributed by atoms with van der Waals surface area (Å²) < 4.78 is 7.33. The molecular formula is C17H23N3O2. The van der Waals surface area contributed by atoms with Crippen LogP contribution in [0.25, 0.3) is 11.4 Å². The summed E-state index contributed by atoms with van der Waals surface area (Å²) in [6.45, 7) is 0.754. The van der Waals surface area contributed by atoms with E-state index in [1.165, 1.54) is 12.8 Å². The number of ether oxygens (including phenoxy) is 1. The summed E-state index contributed by atoms with van der Waals surface area (Å²) in [4.78, 5) is 4.49. The van der Waals surface area contributed by atoms with Crippen LogP contribution in [0.15, 0.2) is 30.6 Å². The van der Waals surface area contributed by atoms with Gasteiger partial charge in [0, 0.05) is 24.0 Å². The van der Waals surface area contributed by atoms with Crippen molar-refractivity contribution < 1.29 is 9.84 Å². The van der Waals surface area contributed by atoms with Crippen LogP contribution in [0, 0.1) is 5.92 Å². The van der Waals surface area contributed by atoms with Crippen molar-refractivity contribution in [3.05, 3.63) is 30.6 Å². The van der Waals surface area contributed by atoms with Crippen molar-refractivity contribution in [1.29, 1.82) is 0 Å². The van der Waals surface area contributed by atoms with Crippen LogP contribution in [0.5, 0.6) is 11.5 Å². The van der Waals surface area contributed by atoms with Crippen molar-refractivity contribution in [2.24, 2.45) is 11.7 Å². The SMILES string of the molecule is COc1ccc(-c2nccn2[C@@H]2CCC[C@H](CN)C2)cc1O. The van der Waals surface area contributed by atoms with E-state index in [1.54, 1.807) is 19.2 Å². The summed E-state index contributed by atoms with van der Waals surface area (Å²) >= 11 is 0. The Hall–Kier alpha value is -2.01. The molecular weight excluding hydrogens is 278 g/mol. The second-order valence-corrected chi connectivity index (χ2v) is 5.97. The largest absolute Gasteiger partial charge is 0.504 e. The Balaban J connectivity index is 1.90. The summed E-state index contributed by atoms with van der Waals surface area (Å²) in [5.74, 6) is 2.10. The molecule has 0 amide bonds. The molecule has 118 valence electrons. The lowest BCUT2D eigenvalue weighted by atomic mass is 9.85. The van der Waals surface area contributed by atoms with E-state index in [0.717, 1.165) is 30.8 Å². The van der Waals surface area contributed by atoms with Gasteiger partial charge in [-0.05, 0) is 49.9 Å². The topological polar surface area (TPSA) is 73.3 Å². The van der Waals surface area contributed by atoms with Gasteiger partial charge in [-0.1, -0.05) is 6.42 Å². The Morgan fingerprint density at radius 1 is 1.41 bits per heavy atom. The zero-order valence-electron chi connectivity index (χ0n) is 12.9. The summed E-state index contributed by atoms with van der Waals surface area (Å²) in [7, 11) is 1.55. The van der Waals surface area contributed by atoms with E-state index < -0.39 is 0 Å². The van der Waals surface area contributed by atoms with Crippen molar-refractivity contribution in [2.45, 2.75) is 31.7 Å². The van der Waals surface area contributed by atoms with Gasteiger partial charge in [-0.2, -0.15) is 0 Å². The van der Waals surface area contributed by atoms with Crippen LogP contribution in [-0.4, -0.2) is 28.3 Å². The predicted molar refractivity (Wildman–Crippen MR) is 85.9 cm³/mol. The van der Waals surface area contributed by atoms with E-state index in [1.807, 2.05) is 18.5 Å². The Morgan fingerprint density at radius 3 is 3.00 bits per heavy atom. The lowest BCUT2D eigenvalue weighted by Gasteiger charge is -2.30. The fraction of sp³-hybridized carbons (Fsp3) is 0.471. The Morgan fingerprint density at radius 2 is 2.27 bits per heavy atom. The number of rotatable bonds is 4. The number of imidazole rings is 1. The number of phenols is 1. The number of nitrogens with zero attached hydrogens (tertiary/aromatic N) is 2. The van der Waals surface area contributed by atoms with Crippen molar-refractivity contribution in [3.8, 4) is 22.9 Å². The second-order valence-electron chi connectivity index (χ2n) is 5.97. The highest BCUT2D eigenvalue weighted by molar-refractivity contribution is 5.61. The maximum Gasteiger partial charge on any atom is 0.160 e. The molecule has 3 rings (SSSR count). The van der Waals surface area contributed by atoms with Gasteiger partial charge in [0.2, 0.25) is 0 Å². The minimum atomic E-state index is 0.137. The Bertz CT molecular complexity index is 639. The van der Waals surface area contributed by atoms with E-state index in [9.17, 15) is 5.11 Å². The van der Waals surface area contributed by atoms with Crippen LogP contribution in [0.4, 0.5) is 0 Å². The molecule has 0 aliphatic heterocycles. The fourth-order valence-electron chi connectivity index (χ4n) is 3.39. The predicted octanol–water partition coefficient (Wildman–Crippen LogP) is 2.95. The minimum Gasteiger partial charge on any atom is -0.504 e. The molecule has 0 unspecified atom stereocenters. The van der Waals surface area contributed by atoms with Gasteiger partial charge in [0.1, 0.15) is 5.82 Å². The van der Waals surface area contributed by atoms with Gasteiger partial charge < -0.3 is 20.1 Å². The highest BCUT2D eigenvalue weighted by Crippen LogP contribution is 2.36. The minimum absolute atomic E-state index is 0.137. The van der Waals surface area contributed by atoms with E-state index in [4.69, 9.17) is 10.5 Å². The summed E-state index contributed by atoms with van der Waals surface area (Å²) in [6.07, 6.45) is 8.53. The molecule has 2 aromatic rings. The maximum atomic E-state index is 9.99. The quantitative estimate of drug-likeness (QED) is 0.910. The first-order valence-corrected chi connectivity index (χ1v) is 7.83. The normalized spacial score (nSPS) is 21.7. The van der Waals surface area contributed by atoms with Crippen LogP contribution in [0.1, 0.15) is 31.7 Å². The third-order valence-electron chi connectivity index (χ3n) is 4.59. The Kier molecular flexibility index (Phi) is 4.34. The van der Waals surface area contributed by atoms with Crippen molar-refractivity contribution in [1.82, 2.24) is 9.55 Å². The first-order chi connectivity index (χ1) is 10.7. The van der Waals surface area contributed by atoms with Gasteiger partial charge in [-0.25, -0.2) is 4.98 Å². The van der Waals surface area contributed by atoms with Crippen LogP contribution >= 0.6 is 0 Å². The number of aromatic nitrogens is 2. The van der Waals surface area contributed by atoms with Crippen LogP contribution in [0.2, 0.25) is 0 Å². The molecule has 0 spiro atoms. The van der Waals surface area contributed by atoms with Crippen LogP contribution in [-0.2, 0) is 0 Å². The van der Waals surface area contributed by atoms with Crippen LogP contribution in [0.3, 0.4) is 0 Å². The number of hydrogen-bond acceptors (Lipinski definition) is 4. The van der Waals surface area contributed by atoms with E-state index >= 15 is 0 Å². The van der Waals surface area contributed by atoms with E-state index in [2.05, 4.69) is 9.55 Å². The molecule has 5 nitrogen and oxygen atoms in total. The molecule has 1 aliphatic carbocycles. The zero-order valence-corrected chi connectivity index (χ0v) is 12.9. The Labute approximate surface area is 130 Å². The van der Waals surface area contributed by atoms with Gasteiger partial charge in [0.25, 0.3) is 0 Å². The highest BCUT2D eigenvalue weighted by Gasteiger charge is 2.24. The third-order valence-corrected chi connectivity index (χ3v) is 4.59. The van der Waals surface area contributed by atoms with Crippen LogP contribution < -0.4 is 10.5 Å². The molecule has 0 saturated heterocycles. The fourth-order valence-corrected chi connectivity index (χ4v) is 3.39. The van der Waals surface area contributed by atoms with Crippen molar-refractivity contribution in [2.75, 3.05) is 13.7 Å². The average Bonchev–Trinajstić information content (AvgIpc) is 3.04. The zero-order chi connectivity index (χ0) is 15.5. The maximum absolute atomic E-state index is 9.99.